The number of carbonyl (C=O) groups excluding carboxylic acids is 1. The van der Waals surface area contributed by atoms with Gasteiger partial charge in [-0.3, -0.25) is 4.79 Å². The maximum atomic E-state index is 12.2. The Labute approximate surface area is 182 Å². The Kier molecular flexibility index (Phi) is 8.16. The van der Waals surface area contributed by atoms with Gasteiger partial charge >= 0.3 is 0 Å². The van der Waals surface area contributed by atoms with Crippen molar-refractivity contribution in [3.63, 3.8) is 0 Å². The molecule has 0 saturated carbocycles. The van der Waals surface area contributed by atoms with Crippen molar-refractivity contribution in [3.8, 4) is 11.1 Å². The first-order valence-electron chi connectivity index (χ1n) is 10.7. The maximum absolute atomic E-state index is 12.2. The Bertz CT molecular complexity index is 953. The van der Waals surface area contributed by atoms with Crippen molar-refractivity contribution < 1.29 is 4.79 Å². The summed E-state index contributed by atoms with van der Waals surface area (Å²) in [5.74, 6) is 0.856. The van der Waals surface area contributed by atoms with Gasteiger partial charge in [0.2, 0.25) is 5.91 Å². The highest BCUT2D eigenvalue weighted by atomic mass is 32.1. The smallest absolute Gasteiger partial charge is 0.221 e. The number of aryl methyl sites for hydroxylation is 1. The second-order valence-electron chi connectivity index (χ2n) is 7.21. The van der Waals surface area contributed by atoms with E-state index in [1.54, 1.807) is 17.7 Å². The van der Waals surface area contributed by atoms with Crippen LogP contribution in [0.15, 0.2) is 36.7 Å². The second kappa shape index (κ2) is 11.0. The average Bonchev–Trinajstić information content (AvgIpc) is 3.11. The predicted octanol–water partition coefficient (Wildman–Crippen LogP) is 4.32. The van der Waals surface area contributed by atoms with Crippen molar-refractivity contribution in [1.82, 2.24) is 20.2 Å². The SMILES string of the molecule is CCN(CC)CCCNC(=O)CCNc1ncnc2sc(C)c(-c3ccccc3)c12. The Hall–Kier alpha value is -2.51. The van der Waals surface area contributed by atoms with E-state index in [1.165, 1.54) is 10.4 Å². The Morgan fingerprint density at radius 3 is 2.60 bits per heavy atom. The molecule has 0 aliphatic rings. The number of amides is 1. The highest BCUT2D eigenvalue weighted by Gasteiger charge is 2.16. The van der Waals surface area contributed by atoms with E-state index in [0.717, 1.165) is 54.2 Å². The summed E-state index contributed by atoms with van der Waals surface area (Å²) in [7, 11) is 0. The van der Waals surface area contributed by atoms with Gasteiger partial charge in [0.05, 0.1) is 5.39 Å². The molecule has 2 N–H and O–H groups in total. The first-order valence-corrected chi connectivity index (χ1v) is 11.5. The van der Waals surface area contributed by atoms with Crippen molar-refractivity contribution in [2.45, 2.75) is 33.6 Å². The van der Waals surface area contributed by atoms with Crippen LogP contribution >= 0.6 is 11.3 Å². The molecule has 0 spiro atoms. The molecule has 2 heterocycles. The molecule has 0 saturated heterocycles. The molecule has 0 aliphatic heterocycles. The van der Waals surface area contributed by atoms with E-state index in [4.69, 9.17) is 0 Å². The summed E-state index contributed by atoms with van der Waals surface area (Å²) < 4.78 is 0. The molecule has 3 rings (SSSR count). The first-order chi connectivity index (χ1) is 14.6. The van der Waals surface area contributed by atoms with Crippen LogP contribution in [0, 0.1) is 6.92 Å². The van der Waals surface area contributed by atoms with Gasteiger partial charge in [-0.25, -0.2) is 9.97 Å². The monoisotopic (exact) mass is 425 g/mol. The largest absolute Gasteiger partial charge is 0.369 e. The lowest BCUT2D eigenvalue weighted by Gasteiger charge is -2.17. The van der Waals surface area contributed by atoms with Crippen molar-refractivity contribution in [1.29, 1.82) is 0 Å². The number of benzene rings is 1. The number of fused-ring (bicyclic) bond motifs is 1. The molecule has 0 fully saturated rings. The molecule has 1 aromatic carbocycles. The van der Waals surface area contributed by atoms with Crippen LogP contribution in [0.2, 0.25) is 0 Å². The van der Waals surface area contributed by atoms with E-state index >= 15 is 0 Å². The number of hydrogen-bond donors (Lipinski definition) is 2. The summed E-state index contributed by atoms with van der Waals surface area (Å²) in [5, 5.41) is 7.40. The molecule has 30 heavy (non-hydrogen) atoms. The topological polar surface area (TPSA) is 70.2 Å². The van der Waals surface area contributed by atoms with Gasteiger partial charge in [0.15, 0.2) is 0 Å². The molecule has 160 valence electrons. The number of carbonyl (C=O) groups is 1. The number of thiophene rings is 1. The highest BCUT2D eigenvalue weighted by Crippen LogP contribution is 2.40. The van der Waals surface area contributed by atoms with Crippen LogP contribution in [0.25, 0.3) is 21.3 Å². The fraction of sp³-hybridized carbons (Fsp3) is 0.435. The molecule has 2 aromatic heterocycles. The van der Waals surface area contributed by atoms with Crippen LogP contribution < -0.4 is 10.6 Å². The minimum Gasteiger partial charge on any atom is -0.369 e. The number of hydrogen-bond acceptors (Lipinski definition) is 6. The quantitative estimate of drug-likeness (QED) is 0.448. The van der Waals surface area contributed by atoms with E-state index in [-0.39, 0.29) is 5.91 Å². The molecule has 0 unspecified atom stereocenters. The molecule has 3 aromatic rings. The molecular formula is C23H31N5OS. The molecule has 0 atom stereocenters. The zero-order chi connectivity index (χ0) is 21.3. The molecule has 0 bridgehead atoms. The van der Waals surface area contributed by atoms with Gasteiger partial charge in [0, 0.05) is 30.0 Å². The third-order valence-electron chi connectivity index (χ3n) is 5.24. The zero-order valence-corrected chi connectivity index (χ0v) is 18.9. The van der Waals surface area contributed by atoms with Gasteiger partial charge in [-0.15, -0.1) is 11.3 Å². The molecule has 0 aliphatic carbocycles. The van der Waals surface area contributed by atoms with Crippen molar-refractivity contribution in [2.75, 3.05) is 38.0 Å². The lowest BCUT2D eigenvalue weighted by molar-refractivity contribution is -0.120. The minimum absolute atomic E-state index is 0.0668. The predicted molar refractivity (Wildman–Crippen MR) is 126 cm³/mol. The molecule has 1 amide bonds. The Morgan fingerprint density at radius 1 is 1.10 bits per heavy atom. The van der Waals surface area contributed by atoms with Crippen molar-refractivity contribution in [2.24, 2.45) is 0 Å². The van der Waals surface area contributed by atoms with Gasteiger partial charge in [0.25, 0.3) is 0 Å². The number of aromatic nitrogens is 2. The molecular weight excluding hydrogens is 394 g/mol. The zero-order valence-electron chi connectivity index (χ0n) is 18.1. The molecule has 0 radical (unpaired) electrons. The summed E-state index contributed by atoms with van der Waals surface area (Å²) in [6, 6.07) is 10.3. The van der Waals surface area contributed by atoms with Gasteiger partial charge in [-0.2, -0.15) is 0 Å². The standard InChI is InChI=1S/C23H31N5OS/c1-4-28(5-2)15-9-13-24-19(29)12-14-25-22-21-20(18-10-7-6-8-11-18)17(3)30-23(21)27-16-26-22/h6-8,10-11,16H,4-5,9,12-15H2,1-3H3,(H,24,29)(H,25,26,27). The minimum atomic E-state index is 0.0668. The molecule has 6 nitrogen and oxygen atoms in total. The fourth-order valence-electron chi connectivity index (χ4n) is 3.58. The Balaban J connectivity index is 1.58. The summed E-state index contributed by atoms with van der Waals surface area (Å²) in [4.78, 5) is 25.6. The van der Waals surface area contributed by atoms with Gasteiger partial charge in [0.1, 0.15) is 17.0 Å². The van der Waals surface area contributed by atoms with E-state index in [9.17, 15) is 4.79 Å². The van der Waals surface area contributed by atoms with Gasteiger partial charge in [-0.1, -0.05) is 44.2 Å². The van der Waals surface area contributed by atoms with Crippen molar-refractivity contribution >= 4 is 33.3 Å². The summed E-state index contributed by atoms with van der Waals surface area (Å²) in [5.41, 5.74) is 2.32. The van der Waals surface area contributed by atoms with Crippen LogP contribution in [0.1, 0.15) is 31.6 Å². The number of rotatable bonds is 11. The van der Waals surface area contributed by atoms with Gasteiger partial charge in [-0.05, 0) is 38.5 Å². The normalized spacial score (nSPS) is 11.2. The highest BCUT2D eigenvalue weighted by molar-refractivity contribution is 7.19. The van der Waals surface area contributed by atoms with Crippen LogP contribution in [-0.4, -0.2) is 53.5 Å². The molecule has 7 heteroatoms. The lowest BCUT2D eigenvalue weighted by Crippen LogP contribution is -2.30. The third-order valence-corrected chi connectivity index (χ3v) is 6.25. The lowest BCUT2D eigenvalue weighted by atomic mass is 10.0. The summed E-state index contributed by atoms with van der Waals surface area (Å²) in [6.45, 7) is 10.8. The van der Waals surface area contributed by atoms with E-state index in [2.05, 4.69) is 58.4 Å². The second-order valence-corrected chi connectivity index (χ2v) is 8.41. The number of nitrogens with one attached hydrogen (secondary N) is 2. The van der Waals surface area contributed by atoms with Crippen LogP contribution in [0.5, 0.6) is 0 Å². The van der Waals surface area contributed by atoms with Crippen LogP contribution in [0.4, 0.5) is 5.82 Å². The van der Waals surface area contributed by atoms with Crippen molar-refractivity contribution in [3.05, 3.63) is 41.5 Å². The van der Waals surface area contributed by atoms with Crippen LogP contribution in [0.3, 0.4) is 0 Å². The number of nitrogens with zero attached hydrogens (tertiary/aromatic N) is 3. The van der Waals surface area contributed by atoms with Crippen LogP contribution in [-0.2, 0) is 4.79 Å². The Morgan fingerprint density at radius 2 is 1.87 bits per heavy atom. The summed E-state index contributed by atoms with van der Waals surface area (Å²) >= 11 is 1.67. The van der Waals surface area contributed by atoms with E-state index in [1.807, 2.05) is 18.2 Å². The van der Waals surface area contributed by atoms with E-state index < -0.39 is 0 Å². The average molecular weight is 426 g/mol. The van der Waals surface area contributed by atoms with Gasteiger partial charge < -0.3 is 15.5 Å². The summed E-state index contributed by atoms with van der Waals surface area (Å²) in [6.07, 6.45) is 2.98. The third kappa shape index (κ3) is 5.55. The number of anilines is 1. The fourth-order valence-corrected chi connectivity index (χ4v) is 4.60. The maximum Gasteiger partial charge on any atom is 0.221 e. The first kappa shape index (κ1) is 22.2. The van der Waals surface area contributed by atoms with E-state index in [0.29, 0.717) is 13.0 Å².